The minimum absolute atomic E-state index is 0.0632. The molecule has 0 atom stereocenters. The predicted octanol–water partition coefficient (Wildman–Crippen LogP) is 3.39. The van der Waals surface area contributed by atoms with E-state index in [2.05, 4.69) is 6.92 Å². The van der Waals surface area contributed by atoms with E-state index in [9.17, 15) is 9.90 Å². The lowest BCUT2D eigenvalue weighted by molar-refractivity contribution is -0.122. The minimum Gasteiger partial charge on any atom is -0.507 e. The number of aromatic hydroxyl groups is 1. The molecule has 1 aromatic rings. The topological polar surface area (TPSA) is 40.5 Å². The summed E-state index contributed by atoms with van der Waals surface area (Å²) in [5.41, 5.74) is 0.637. The summed E-state index contributed by atoms with van der Waals surface area (Å²) in [6.07, 6.45) is 3.66. The molecule has 0 bridgehead atoms. The van der Waals surface area contributed by atoms with Gasteiger partial charge in [-0.25, -0.2) is 0 Å². The molecule has 1 amide bonds. The maximum absolute atomic E-state index is 12.2. The van der Waals surface area contributed by atoms with Crippen molar-refractivity contribution in [3.63, 3.8) is 0 Å². The predicted molar refractivity (Wildman–Crippen MR) is 82.9 cm³/mol. The lowest BCUT2D eigenvalue weighted by atomic mass is 10.2. The fourth-order valence-electron chi connectivity index (χ4n) is 1.76. The van der Waals surface area contributed by atoms with Crippen LogP contribution in [0, 0.1) is 0 Å². The molecule has 1 saturated heterocycles. The molecule has 0 radical (unpaired) electrons. The van der Waals surface area contributed by atoms with E-state index in [1.165, 1.54) is 11.8 Å². The van der Waals surface area contributed by atoms with Crippen molar-refractivity contribution in [2.24, 2.45) is 0 Å². The van der Waals surface area contributed by atoms with E-state index in [1.54, 1.807) is 29.2 Å². The summed E-state index contributed by atoms with van der Waals surface area (Å²) in [6.45, 7) is 2.74. The molecule has 1 N–H and O–H groups in total. The number of amides is 1. The van der Waals surface area contributed by atoms with Crippen LogP contribution < -0.4 is 0 Å². The Kier molecular flexibility index (Phi) is 4.61. The molecule has 0 aromatic heterocycles. The first-order valence-corrected chi connectivity index (χ1v) is 7.39. The first-order valence-electron chi connectivity index (χ1n) is 6.17. The number of rotatable bonds is 4. The highest BCUT2D eigenvalue weighted by molar-refractivity contribution is 8.26. The number of nitrogens with zero attached hydrogens (tertiary/aromatic N) is 1. The first-order chi connectivity index (χ1) is 9.13. The van der Waals surface area contributed by atoms with Gasteiger partial charge in [-0.3, -0.25) is 9.69 Å². The molecule has 1 aromatic carbocycles. The molecular formula is C14H15NO2S2. The summed E-state index contributed by atoms with van der Waals surface area (Å²) < 4.78 is 0.597. The standard InChI is InChI=1S/C14H15NO2S2/c1-2-3-8-15-13(17)12(19-14(15)18)9-10-6-4-5-7-11(10)16/h4-7,9,16H,2-3,8H2,1H3. The van der Waals surface area contributed by atoms with Gasteiger partial charge in [0.2, 0.25) is 0 Å². The van der Waals surface area contributed by atoms with Crippen molar-refractivity contribution in [1.29, 1.82) is 0 Å². The molecule has 1 fully saturated rings. The Labute approximate surface area is 122 Å². The summed E-state index contributed by atoms with van der Waals surface area (Å²) in [4.78, 5) is 14.4. The van der Waals surface area contributed by atoms with Crippen molar-refractivity contribution >= 4 is 40.3 Å². The van der Waals surface area contributed by atoms with Crippen LogP contribution in [0.1, 0.15) is 25.3 Å². The number of phenols is 1. The number of thioether (sulfide) groups is 1. The molecule has 1 heterocycles. The number of unbranched alkanes of at least 4 members (excludes halogenated alkanes) is 1. The van der Waals surface area contributed by atoms with Gasteiger partial charge in [0.15, 0.2) is 0 Å². The van der Waals surface area contributed by atoms with Gasteiger partial charge >= 0.3 is 0 Å². The Hall–Kier alpha value is -1.33. The molecule has 5 heteroatoms. The van der Waals surface area contributed by atoms with E-state index in [0.29, 0.717) is 21.3 Å². The second kappa shape index (κ2) is 6.21. The van der Waals surface area contributed by atoms with Gasteiger partial charge in [0, 0.05) is 12.1 Å². The summed E-state index contributed by atoms with van der Waals surface area (Å²) >= 11 is 6.52. The van der Waals surface area contributed by atoms with Gasteiger partial charge in [-0.2, -0.15) is 0 Å². The molecule has 0 unspecified atom stereocenters. The van der Waals surface area contributed by atoms with Crippen molar-refractivity contribution in [3.8, 4) is 5.75 Å². The number of carbonyl (C=O) groups excluding carboxylic acids is 1. The Balaban J connectivity index is 2.21. The van der Waals surface area contributed by atoms with E-state index in [1.807, 2.05) is 6.07 Å². The molecule has 1 aliphatic rings. The van der Waals surface area contributed by atoms with Crippen LogP contribution in [0.25, 0.3) is 6.08 Å². The third-order valence-corrected chi connectivity index (χ3v) is 4.21. The van der Waals surface area contributed by atoms with Crippen LogP contribution in [0.15, 0.2) is 29.2 Å². The van der Waals surface area contributed by atoms with Crippen molar-refractivity contribution in [2.75, 3.05) is 6.54 Å². The monoisotopic (exact) mass is 293 g/mol. The highest BCUT2D eigenvalue weighted by Gasteiger charge is 2.31. The Bertz CT molecular complexity index is 540. The van der Waals surface area contributed by atoms with Gasteiger partial charge in [0.25, 0.3) is 5.91 Å². The fraction of sp³-hybridized carbons (Fsp3) is 0.286. The summed E-state index contributed by atoms with van der Waals surface area (Å²) in [7, 11) is 0. The summed E-state index contributed by atoms with van der Waals surface area (Å²) in [5, 5.41) is 9.72. The van der Waals surface area contributed by atoms with Gasteiger partial charge in [-0.15, -0.1) is 0 Å². The average Bonchev–Trinajstić information content (AvgIpc) is 2.65. The van der Waals surface area contributed by atoms with Gasteiger partial charge in [-0.1, -0.05) is 55.5 Å². The average molecular weight is 293 g/mol. The fourth-order valence-corrected chi connectivity index (χ4v) is 3.06. The maximum atomic E-state index is 12.2. The minimum atomic E-state index is -0.0632. The van der Waals surface area contributed by atoms with Crippen molar-refractivity contribution in [2.45, 2.75) is 19.8 Å². The van der Waals surface area contributed by atoms with Gasteiger partial charge in [0.1, 0.15) is 10.1 Å². The molecule has 19 heavy (non-hydrogen) atoms. The zero-order valence-electron chi connectivity index (χ0n) is 10.6. The zero-order valence-corrected chi connectivity index (χ0v) is 12.3. The number of hydrogen-bond acceptors (Lipinski definition) is 4. The lowest BCUT2D eigenvalue weighted by Crippen LogP contribution is -2.28. The third-order valence-electron chi connectivity index (χ3n) is 2.83. The first kappa shape index (κ1) is 14.1. The Morgan fingerprint density at radius 1 is 1.42 bits per heavy atom. The largest absolute Gasteiger partial charge is 0.507 e. The van der Waals surface area contributed by atoms with Gasteiger partial charge in [0.05, 0.1) is 4.91 Å². The van der Waals surface area contributed by atoms with Crippen molar-refractivity contribution in [1.82, 2.24) is 4.90 Å². The third kappa shape index (κ3) is 3.16. The number of phenolic OH excluding ortho intramolecular Hbond substituents is 1. The quantitative estimate of drug-likeness (QED) is 0.682. The van der Waals surface area contributed by atoms with Crippen LogP contribution in [0.2, 0.25) is 0 Å². The van der Waals surface area contributed by atoms with Crippen LogP contribution in [-0.4, -0.2) is 26.8 Å². The number of benzene rings is 1. The Morgan fingerprint density at radius 2 is 2.16 bits per heavy atom. The number of thiocarbonyl (C=S) groups is 1. The summed E-state index contributed by atoms with van der Waals surface area (Å²) in [6, 6.07) is 6.94. The second-order valence-corrected chi connectivity index (χ2v) is 5.92. The van der Waals surface area contributed by atoms with Crippen LogP contribution in [0.3, 0.4) is 0 Å². The van der Waals surface area contributed by atoms with E-state index < -0.39 is 0 Å². The van der Waals surface area contributed by atoms with Crippen LogP contribution in [0.4, 0.5) is 0 Å². The van der Waals surface area contributed by atoms with Gasteiger partial charge in [-0.05, 0) is 18.6 Å². The SMILES string of the molecule is CCCCN1C(=O)C(=Cc2ccccc2O)SC1=S. The highest BCUT2D eigenvalue weighted by atomic mass is 32.2. The second-order valence-electron chi connectivity index (χ2n) is 4.25. The zero-order chi connectivity index (χ0) is 13.8. The van der Waals surface area contributed by atoms with Crippen LogP contribution in [-0.2, 0) is 4.79 Å². The van der Waals surface area contributed by atoms with E-state index in [0.717, 1.165) is 12.8 Å². The lowest BCUT2D eigenvalue weighted by Gasteiger charge is -2.13. The molecule has 3 nitrogen and oxygen atoms in total. The number of hydrogen-bond donors (Lipinski definition) is 1. The van der Waals surface area contributed by atoms with Gasteiger partial charge < -0.3 is 5.11 Å². The normalized spacial score (nSPS) is 17.5. The van der Waals surface area contributed by atoms with E-state index in [4.69, 9.17) is 12.2 Å². The molecule has 0 aliphatic carbocycles. The number of carbonyl (C=O) groups is 1. The molecular weight excluding hydrogens is 278 g/mol. The smallest absolute Gasteiger partial charge is 0.266 e. The Morgan fingerprint density at radius 3 is 2.84 bits per heavy atom. The van der Waals surface area contributed by atoms with E-state index in [-0.39, 0.29) is 11.7 Å². The molecule has 1 aliphatic heterocycles. The van der Waals surface area contributed by atoms with Crippen molar-refractivity contribution < 1.29 is 9.90 Å². The highest BCUT2D eigenvalue weighted by Crippen LogP contribution is 2.34. The van der Waals surface area contributed by atoms with Crippen LogP contribution >= 0.6 is 24.0 Å². The molecule has 2 rings (SSSR count). The van der Waals surface area contributed by atoms with E-state index >= 15 is 0 Å². The van der Waals surface area contributed by atoms with Crippen molar-refractivity contribution in [3.05, 3.63) is 34.7 Å². The van der Waals surface area contributed by atoms with Crippen LogP contribution in [0.5, 0.6) is 5.75 Å². The molecule has 0 saturated carbocycles. The molecule has 100 valence electrons. The molecule has 0 spiro atoms. The number of para-hydroxylation sites is 1. The maximum Gasteiger partial charge on any atom is 0.266 e. The summed E-state index contributed by atoms with van der Waals surface area (Å²) in [5.74, 6) is 0.105.